The van der Waals surface area contributed by atoms with Gasteiger partial charge in [0.05, 0.1) is 6.61 Å². The Morgan fingerprint density at radius 3 is 2.33 bits per heavy atom. The summed E-state index contributed by atoms with van der Waals surface area (Å²) >= 11 is 0. The largest absolute Gasteiger partial charge is 0.466 e. The van der Waals surface area contributed by atoms with E-state index in [1.54, 1.807) is 14.2 Å². The molecule has 0 aromatic carbocycles. The fourth-order valence-corrected chi connectivity index (χ4v) is 1.96. The van der Waals surface area contributed by atoms with E-state index in [2.05, 4.69) is 0 Å². The quantitative estimate of drug-likeness (QED) is 0.348. The molecule has 0 saturated carbocycles. The van der Waals surface area contributed by atoms with Crippen LogP contribution in [0.1, 0.15) is 13.3 Å². The maximum atomic E-state index is 10.4. The topological polar surface area (TPSA) is 44.8 Å². The molecule has 0 aromatic rings. The van der Waals surface area contributed by atoms with E-state index in [4.69, 9.17) is 13.6 Å². The van der Waals surface area contributed by atoms with Gasteiger partial charge in [0.1, 0.15) is 0 Å². The summed E-state index contributed by atoms with van der Waals surface area (Å²) < 4.78 is 14.9. The number of hydrogen-bond donors (Lipinski definition) is 0. The minimum Gasteiger partial charge on any atom is -0.466 e. The number of hydrogen-bond acceptors (Lipinski definition) is 4. The molecule has 72 valence electrons. The Labute approximate surface area is 74.7 Å². The highest BCUT2D eigenvalue weighted by Gasteiger charge is 2.08. The van der Waals surface area contributed by atoms with Crippen LogP contribution >= 0.6 is 0 Å². The Balaban J connectivity index is 3.23. The van der Waals surface area contributed by atoms with Gasteiger partial charge >= 0.3 is 15.3 Å². The van der Waals surface area contributed by atoms with Gasteiger partial charge in [0.2, 0.25) is 0 Å². The first-order valence-corrected chi connectivity index (χ1v) is 5.65. The molecule has 0 fully saturated rings. The Bertz CT molecular complexity index is 125. The highest BCUT2D eigenvalue weighted by atomic mass is 28.3. The zero-order chi connectivity index (χ0) is 9.40. The summed E-state index contributed by atoms with van der Waals surface area (Å²) in [5.41, 5.74) is 0. The predicted octanol–water partition coefficient (Wildman–Crippen LogP) is 0.453. The second-order valence-corrected chi connectivity index (χ2v) is 4.76. The average molecular weight is 192 g/mol. The normalized spacial score (nSPS) is 10.3. The first-order valence-electron chi connectivity index (χ1n) is 3.89. The van der Waals surface area contributed by atoms with Crippen LogP contribution in [0, 0.1) is 0 Å². The van der Waals surface area contributed by atoms with E-state index in [0.29, 0.717) is 6.61 Å². The monoisotopic (exact) mass is 192 g/mol. The molecule has 5 heteroatoms. The van der Waals surface area contributed by atoms with Crippen molar-refractivity contribution in [3.05, 3.63) is 0 Å². The fourth-order valence-electron chi connectivity index (χ4n) is 0.798. The Morgan fingerprint density at radius 1 is 1.33 bits per heavy atom. The molecule has 0 rings (SSSR count). The first kappa shape index (κ1) is 11.6. The number of ether oxygens (including phenoxy) is 1. The molecule has 0 spiro atoms. The van der Waals surface area contributed by atoms with Gasteiger partial charge in [0, 0.05) is 21.1 Å². The Kier molecular flexibility index (Phi) is 7.03. The van der Waals surface area contributed by atoms with Crippen molar-refractivity contribution in [2.24, 2.45) is 0 Å². The lowest BCUT2D eigenvalue weighted by Crippen LogP contribution is -2.19. The lowest BCUT2D eigenvalue weighted by Gasteiger charge is -2.09. The van der Waals surface area contributed by atoms with Gasteiger partial charge < -0.3 is 13.6 Å². The molecule has 0 saturated heterocycles. The maximum absolute atomic E-state index is 10.4. The zero-order valence-electron chi connectivity index (χ0n) is 7.83. The molecule has 0 atom stereocenters. The van der Waals surface area contributed by atoms with Crippen molar-refractivity contribution in [2.45, 2.75) is 19.4 Å². The summed E-state index contributed by atoms with van der Waals surface area (Å²) in [5.74, 6) is -0.233. The minimum atomic E-state index is -1.45. The van der Waals surface area contributed by atoms with Crippen molar-refractivity contribution < 1.29 is 18.4 Å². The van der Waals surface area contributed by atoms with Gasteiger partial charge in [-0.15, -0.1) is 0 Å². The van der Waals surface area contributed by atoms with Crippen molar-refractivity contribution in [1.29, 1.82) is 0 Å². The summed E-state index contributed by atoms with van der Waals surface area (Å²) in [4.78, 5) is 10.4. The van der Waals surface area contributed by atoms with E-state index >= 15 is 0 Å². The molecule has 0 aliphatic heterocycles. The van der Waals surface area contributed by atoms with Crippen LogP contribution in [0.25, 0.3) is 0 Å². The third-order valence-electron chi connectivity index (χ3n) is 1.42. The van der Waals surface area contributed by atoms with Crippen LogP contribution in [0.2, 0.25) is 6.04 Å². The molecule has 4 nitrogen and oxygen atoms in total. The second kappa shape index (κ2) is 7.27. The van der Waals surface area contributed by atoms with Gasteiger partial charge in [0.25, 0.3) is 0 Å². The smallest absolute Gasteiger partial charge is 0.321 e. The van der Waals surface area contributed by atoms with Crippen molar-refractivity contribution in [3.63, 3.8) is 0 Å². The van der Waals surface area contributed by atoms with E-state index < -0.39 is 9.28 Å². The SMILES string of the molecule is CO[SiH](CCCOC(C)=O)OC. The molecule has 12 heavy (non-hydrogen) atoms. The third kappa shape index (κ3) is 6.33. The van der Waals surface area contributed by atoms with E-state index in [0.717, 1.165) is 12.5 Å². The van der Waals surface area contributed by atoms with Gasteiger partial charge in [-0.05, 0) is 12.5 Å². The van der Waals surface area contributed by atoms with Crippen LogP contribution in [-0.4, -0.2) is 36.1 Å². The minimum absolute atomic E-state index is 0.233. The summed E-state index contributed by atoms with van der Waals surface area (Å²) in [7, 11) is 1.84. The van der Waals surface area contributed by atoms with Crippen molar-refractivity contribution in [3.8, 4) is 0 Å². The Hall–Kier alpha value is -0.393. The molecule has 0 aromatic heterocycles. The van der Waals surface area contributed by atoms with Gasteiger partial charge in [-0.1, -0.05) is 0 Å². The van der Waals surface area contributed by atoms with Gasteiger partial charge in [-0.25, -0.2) is 0 Å². The van der Waals surface area contributed by atoms with Crippen LogP contribution < -0.4 is 0 Å². The molecule has 0 radical (unpaired) electrons. The van der Waals surface area contributed by atoms with Gasteiger partial charge in [-0.3, -0.25) is 4.79 Å². The van der Waals surface area contributed by atoms with Gasteiger partial charge in [-0.2, -0.15) is 0 Å². The average Bonchev–Trinajstić information content (AvgIpc) is 2.04. The lowest BCUT2D eigenvalue weighted by molar-refractivity contribution is -0.140. The van der Waals surface area contributed by atoms with Crippen LogP contribution in [-0.2, 0) is 18.4 Å². The molecule has 0 bridgehead atoms. The highest BCUT2D eigenvalue weighted by molar-refractivity contribution is 6.44. The van der Waals surface area contributed by atoms with E-state index in [1.165, 1.54) is 6.92 Å². The number of carbonyl (C=O) groups excluding carboxylic acids is 1. The molecule has 0 amide bonds. The predicted molar refractivity (Wildman–Crippen MR) is 47.2 cm³/mol. The Morgan fingerprint density at radius 2 is 1.92 bits per heavy atom. The molecule has 0 unspecified atom stereocenters. The van der Waals surface area contributed by atoms with Crippen LogP contribution in [0.5, 0.6) is 0 Å². The van der Waals surface area contributed by atoms with Crippen molar-refractivity contribution in [2.75, 3.05) is 20.8 Å². The van der Waals surface area contributed by atoms with Crippen LogP contribution in [0.3, 0.4) is 0 Å². The molecular formula is C7H16O4Si. The van der Waals surface area contributed by atoms with E-state index in [9.17, 15) is 4.79 Å². The molecule has 0 aliphatic carbocycles. The fraction of sp³-hybridized carbons (Fsp3) is 0.857. The zero-order valence-corrected chi connectivity index (χ0v) is 8.99. The second-order valence-electron chi connectivity index (χ2n) is 2.38. The molecule has 0 N–H and O–H groups in total. The summed E-state index contributed by atoms with van der Waals surface area (Å²) in [6.07, 6.45) is 0.818. The van der Waals surface area contributed by atoms with Crippen molar-refractivity contribution in [1.82, 2.24) is 0 Å². The number of esters is 1. The lowest BCUT2D eigenvalue weighted by atomic mass is 10.5. The molecular weight excluding hydrogens is 176 g/mol. The van der Waals surface area contributed by atoms with E-state index in [-0.39, 0.29) is 5.97 Å². The van der Waals surface area contributed by atoms with Crippen LogP contribution in [0.15, 0.2) is 0 Å². The molecule has 0 aliphatic rings. The van der Waals surface area contributed by atoms with E-state index in [1.807, 2.05) is 0 Å². The number of rotatable bonds is 6. The van der Waals surface area contributed by atoms with Crippen LogP contribution in [0.4, 0.5) is 0 Å². The summed E-state index contributed by atoms with van der Waals surface area (Å²) in [6, 6.07) is 0.875. The molecule has 0 heterocycles. The standard InChI is InChI=1S/C7H16O4Si/c1-7(8)11-5-4-6-12(9-2)10-3/h12H,4-6H2,1-3H3. The first-order chi connectivity index (χ1) is 5.70. The number of carbonyl (C=O) groups is 1. The van der Waals surface area contributed by atoms with Crippen molar-refractivity contribution >= 4 is 15.3 Å². The van der Waals surface area contributed by atoms with Gasteiger partial charge in [0.15, 0.2) is 0 Å². The highest BCUT2D eigenvalue weighted by Crippen LogP contribution is 1.99. The summed E-state index contributed by atoms with van der Waals surface area (Å²) in [6.45, 7) is 1.87. The third-order valence-corrected chi connectivity index (χ3v) is 3.35. The summed E-state index contributed by atoms with van der Waals surface area (Å²) in [5, 5.41) is 0. The maximum Gasteiger partial charge on any atom is 0.321 e.